The first-order chi connectivity index (χ1) is 16.5. The van der Waals surface area contributed by atoms with Crippen molar-refractivity contribution in [3.05, 3.63) is 53.4 Å². The van der Waals surface area contributed by atoms with Crippen LogP contribution in [0.3, 0.4) is 0 Å². The first-order valence-corrected chi connectivity index (χ1v) is 12.1. The summed E-state index contributed by atoms with van der Waals surface area (Å²) in [6, 6.07) is 10.9. The molecule has 0 amide bonds. The number of benzene rings is 1. The maximum Gasteiger partial charge on any atom is 0.231 e. The number of fused-ring (bicyclic) bond motifs is 1. The van der Waals surface area contributed by atoms with Gasteiger partial charge in [-0.2, -0.15) is 20.2 Å². The number of aromatic amines is 1. The maximum absolute atomic E-state index is 6.47. The van der Waals surface area contributed by atoms with Gasteiger partial charge in [0.15, 0.2) is 10.8 Å². The van der Waals surface area contributed by atoms with E-state index in [1.165, 1.54) is 5.56 Å². The van der Waals surface area contributed by atoms with Gasteiger partial charge in [-0.1, -0.05) is 48.9 Å². The number of piperidine rings is 1. The summed E-state index contributed by atoms with van der Waals surface area (Å²) < 4.78 is 1.85. The zero-order valence-electron chi connectivity index (χ0n) is 19.7. The predicted molar refractivity (Wildman–Crippen MR) is 136 cm³/mol. The van der Waals surface area contributed by atoms with Crippen molar-refractivity contribution in [1.82, 2.24) is 34.8 Å². The van der Waals surface area contributed by atoms with E-state index in [0.717, 1.165) is 49.5 Å². The fourth-order valence-electron chi connectivity index (χ4n) is 4.68. The minimum atomic E-state index is 0.275. The van der Waals surface area contributed by atoms with Crippen molar-refractivity contribution in [3.8, 4) is 0 Å². The largest absolute Gasteiger partial charge is 0.354 e. The van der Waals surface area contributed by atoms with Crippen molar-refractivity contribution in [1.29, 1.82) is 0 Å². The molecule has 34 heavy (non-hydrogen) atoms. The van der Waals surface area contributed by atoms with Crippen LogP contribution in [-0.4, -0.2) is 61.0 Å². The third-order valence-electron chi connectivity index (χ3n) is 6.65. The highest BCUT2D eigenvalue weighted by Gasteiger charge is 2.32. The predicted octanol–water partition coefficient (Wildman–Crippen LogP) is 4.31. The van der Waals surface area contributed by atoms with Crippen LogP contribution in [0.25, 0.3) is 11.0 Å². The monoisotopic (exact) mass is 479 g/mol. The molecule has 9 nitrogen and oxygen atoms in total. The lowest BCUT2D eigenvalue weighted by atomic mass is 9.92. The van der Waals surface area contributed by atoms with E-state index in [-0.39, 0.29) is 6.04 Å². The summed E-state index contributed by atoms with van der Waals surface area (Å²) in [5.74, 6) is 1.76. The average Bonchev–Trinajstić information content (AvgIpc) is 3.46. The number of aromatic nitrogens is 6. The van der Waals surface area contributed by atoms with Crippen LogP contribution in [-0.2, 0) is 13.1 Å². The Kier molecular flexibility index (Phi) is 6.38. The van der Waals surface area contributed by atoms with Gasteiger partial charge in [-0.15, -0.1) is 0 Å². The third kappa shape index (κ3) is 4.58. The van der Waals surface area contributed by atoms with Crippen molar-refractivity contribution < 1.29 is 0 Å². The van der Waals surface area contributed by atoms with Gasteiger partial charge in [-0.05, 0) is 31.4 Å². The lowest BCUT2D eigenvalue weighted by Crippen LogP contribution is -2.51. The van der Waals surface area contributed by atoms with E-state index in [2.05, 4.69) is 79.7 Å². The molecule has 2 atom stereocenters. The van der Waals surface area contributed by atoms with Gasteiger partial charge in [-0.3, -0.25) is 14.7 Å². The van der Waals surface area contributed by atoms with Crippen LogP contribution in [0.15, 0.2) is 42.7 Å². The van der Waals surface area contributed by atoms with Gasteiger partial charge in [0.25, 0.3) is 0 Å². The minimum absolute atomic E-state index is 0.275. The number of hydrogen-bond acceptors (Lipinski definition) is 7. The normalized spacial score (nSPS) is 18.9. The summed E-state index contributed by atoms with van der Waals surface area (Å²) in [4.78, 5) is 14.3. The Bertz CT molecular complexity index is 1250. The Balaban J connectivity index is 1.43. The number of aryl methyl sites for hydroxylation is 1. The molecule has 2 N–H and O–H groups in total. The molecule has 4 aromatic rings. The average molecular weight is 480 g/mol. The molecule has 0 bridgehead atoms. The van der Waals surface area contributed by atoms with Crippen LogP contribution in [0, 0.1) is 5.92 Å². The molecule has 1 aromatic carbocycles. The SMILES string of the molecule is CCn1cc(Nc2nc(N(C)[C@H]3CN(Cc4ccccc4)CC[C@H]3C)c3c(Cl)n[nH]c3n2)cn1. The number of halogens is 1. The van der Waals surface area contributed by atoms with Crippen LogP contribution in [0.1, 0.15) is 25.8 Å². The molecule has 0 saturated carbocycles. The summed E-state index contributed by atoms with van der Waals surface area (Å²) in [6.45, 7) is 8.13. The fourth-order valence-corrected chi connectivity index (χ4v) is 4.90. The van der Waals surface area contributed by atoms with Crippen molar-refractivity contribution in [2.24, 2.45) is 5.92 Å². The summed E-state index contributed by atoms with van der Waals surface area (Å²) in [7, 11) is 2.09. The number of rotatable bonds is 7. The molecule has 0 spiro atoms. The molecule has 4 heterocycles. The lowest BCUT2D eigenvalue weighted by Gasteiger charge is -2.42. The molecule has 178 valence electrons. The number of hydrogen-bond donors (Lipinski definition) is 2. The highest BCUT2D eigenvalue weighted by Crippen LogP contribution is 2.34. The fraction of sp³-hybridized carbons (Fsp3) is 0.417. The van der Waals surface area contributed by atoms with Gasteiger partial charge >= 0.3 is 0 Å². The van der Waals surface area contributed by atoms with Crippen molar-refractivity contribution >= 4 is 40.1 Å². The van der Waals surface area contributed by atoms with Gasteiger partial charge in [0, 0.05) is 38.9 Å². The Morgan fingerprint density at radius 2 is 2.06 bits per heavy atom. The van der Waals surface area contributed by atoms with Crippen LogP contribution in [0.4, 0.5) is 17.5 Å². The second-order valence-corrected chi connectivity index (χ2v) is 9.34. The molecule has 0 radical (unpaired) electrons. The van der Waals surface area contributed by atoms with Gasteiger partial charge < -0.3 is 10.2 Å². The van der Waals surface area contributed by atoms with E-state index in [0.29, 0.717) is 22.7 Å². The van der Waals surface area contributed by atoms with Gasteiger partial charge in [0.1, 0.15) is 11.2 Å². The summed E-state index contributed by atoms with van der Waals surface area (Å²) >= 11 is 6.47. The highest BCUT2D eigenvalue weighted by atomic mass is 35.5. The molecule has 3 aromatic heterocycles. The number of likely N-dealkylation sites (tertiary alicyclic amines) is 1. The second kappa shape index (κ2) is 9.60. The minimum Gasteiger partial charge on any atom is -0.354 e. The topological polar surface area (TPSA) is 90.8 Å². The molecule has 1 aliphatic heterocycles. The summed E-state index contributed by atoms with van der Waals surface area (Å²) in [6.07, 6.45) is 4.82. The van der Waals surface area contributed by atoms with Crippen LogP contribution in [0.2, 0.25) is 5.15 Å². The van der Waals surface area contributed by atoms with Crippen molar-refractivity contribution in [2.45, 2.75) is 39.4 Å². The second-order valence-electron chi connectivity index (χ2n) is 8.98. The van der Waals surface area contributed by atoms with Crippen molar-refractivity contribution in [3.63, 3.8) is 0 Å². The van der Waals surface area contributed by atoms with Gasteiger partial charge in [-0.25, -0.2) is 0 Å². The Morgan fingerprint density at radius 3 is 2.82 bits per heavy atom. The highest BCUT2D eigenvalue weighted by molar-refractivity contribution is 6.35. The smallest absolute Gasteiger partial charge is 0.231 e. The van der Waals surface area contributed by atoms with E-state index >= 15 is 0 Å². The lowest BCUT2D eigenvalue weighted by molar-refractivity contribution is 0.159. The van der Waals surface area contributed by atoms with Crippen LogP contribution in [0.5, 0.6) is 0 Å². The van der Waals surface area contributed by atoms with E-state index in [9.17, 15) is 0 Å². The number of anilines is 3. The number of H-pyrrole nitrogens is 1. The van der Waals surface area contributed by atoms with Crippen LogP contribution < -0.4 is 10.2 Å². The molecular formula is C24H30ClN9. The van der Waals surface area contributed by atoms with Crippen LogP contribution >= 0.6 is 11.6 Å². The Labute approximate surface area is 204 Å². The Morgan fingerprint density at radius 1 is 1.24 bits per heavy atom. The molecule has 1 aliphatic rings. The van der Waals surface area contributed by atoms with Gasteiger partial charge in [0.2, 0.25) is 5.95 Å². The number of nitrogens with one attached hydrogen (secondary N) is 2. The molecule has 0 unspecified atom stereocenters. The Hall–Kier alpha value is -3.17. The van der Waals surface area contributed by atoms with E-state index < -0.39 is 0 Å². The van der Waals surface area contributed by atoms with Gasteiger partial charge in [0.05, 0.1) is 11.9 Å². The summed E-state index contributed by atoms with van der Waals surface area (Å²) in [5, 5.41) is 15.9. The summed E-state index contributed by atoms with van der Waals surface area (Å²) in [5.41, 5.74) is 2.78. The van der Waals surface area contributed by atoms with Crippen molar-refractivity contribution in [2.75, 3.05) is 30.4 Å². The van der Waals surface area contributed by atoms with E-state index in [1.807, 2.05) is 17.8 Å². The number of nitrogens with zero attached hydrogens (tertiary/aromatic N) is 7. The molecule has 5 rings (SSSR count). The standard InChI is InChI=1S/C24H30ClN9/c1-4-34-14-18(12-26-34)27-24-28-22-20(21(25)30-31-22)23(29-24)32(3)19-15-33(11-10-16(19)2)13-17-8-6-5-7-9-17/h5-9,12,14,16,19H,4,10-11,13,15H2,1-3H3,(H2,27,28,29,30,31)/t16-,19+/m1/s1. The first kappa shape index (κ1) is 22.6. The maximum atomic E-state index is 6.47. The molecule has 1 fully saturated rings. The quantitative estimate of drug-likeness (QED) is 0.408. The van der Waals surface area contributed by atoms with E-state index in [1.54, 1.807) is 6.20 Å². The first-order valence-electron chi connectivity index (χ1n) is 11.7. The molecule has 1 saturated heterocycles. The number of likely N-dealkylation sites (N-methyl/N-ethyl adjacent to an activating group) is 1. The molecule has 0 aliphatic carbocycles. The third-order valence-corrected chi connectivity index (χ3v) is 6.93. The van der Waals surface area contributed by atoms with E-state index in [4.69, 9.17) is 16.6 Å². The zero-order chi connectivity index (χ0) is 23.7. The molecular weight excluding hydrogens is 450 g/mol. The zero-order valence-corrected chi connectivity index (χ0v) is 20.5. The molecule has 10 heteroatoms.